The van der Waals surface area contributed by atoms with Crippen molar-refractivity contribution in [3.8, 4) is 167 Å². The Kier molecular flexibility index (Phi) is 16.7. The third kappa shape index (κ3) is 11.2. The zero-order valence-electron chi connectivity index (χ0n) is 66.9. The minimum Gasteiger partial charge on any atom is -0.0622 e. The quantitative estimate of drug-likeness (QED) is 0.113. The Bertz CT molecular complexity index is 8070. The first-order valence-electron chi connectivity index (χ1n) is 42.5. The van der Waals surface area contributed by atoms with Crippen LogP contribution in [0.3, 0.4) is 0 Å². The van der Waals surface area contributed by atoms with E-state index in [1.165, 1.54) is 253 Å². The lowest BCUT2D eigenvalue weighted by molar-refractivity contribution is 1.60. The average molecular weight is 1540 g/mol. The van der Waals surface area contributed by atoms with Crippen LogP contribution in [0.1, 0.15) is 0 Å². The van der Waals surface area contributed by atoms with E-state index in [2.05, 4.69) is 461 Å². The summed E-state index contributed by atoms with van der Waals surface area (Å²) in [5.74, 6) is 0. The zero-order valence-corrected chi connectivity index (χ0v) is 66.9. The number of hydrogen-bond acceptors (Lipinski definition) is 0. The molecular formula is C122H76. The molecule has 23 aromatic rings. The van der Waals surface area contributed by atoms with Crippen molar-refractivity contribution < 1.29 is 0 Å². The van der Waals surface area contributed by atoms with Gasteiger partial charge in [-0.05, 0) is 259 Å². The van der Waals surface area contributed by atoms with Crippen LogP contribution in [0.5, 0.6) is 0 Å². The SMILES string of the molecule is c1ccc(-c2c3ccccc3c(-c3ccc(-c4cccc5c(-c6ccccc6)c6c(c(-c7ccccc7)c45)-c4cccc5cccc-6c45)cc3)c3ccccc23)cc1.c1ccc(-c2c3ccccc3c(-c3ccccc3)c3cc(-c4ccc(-c5cccc6c(-c7ccccc7)c7c(c(-c8ccccc8)c56)-c5cccc6cccc-7c56)cc4)ccc23)cc1. The largest absolute Gasteiger partial charge is 0.0622 e. The summed E-state index contributed by atoms with van der Waals surface area (Å²) >= 11 is 0. The third-order valence-electron chi connectivity index (χ3n) is 26.0. The molecule has 0 nitrogen and oxygen atoms in total. The lowest BCUT2D eigenvalue weighted by atomic mass is 9.80. The van der Waals surface area contributed by atoms with Gasteiger partial charge >= 0.3 is 0 Å². The molecule has 0 heterocycles. The van der Waals surface area contributed by atoms with E-state index in [9.17, 15) is 0 Å². The number of benzene rings is 23. The van der Waals surface area contributed by atoms with Gasteiger partial charge in [0, 0.05) is 0 Å². The van der Waals surface area contributed by atoms with Crippen molar-refractivity contribution in [1.82, 2.24) is 0 Å². The van der Waals surface area contributed by atoms with Gasteiger partial charge in [0.1, 0.15) is 0 Å². The van der Waals surface area contributed by atoms with Crippen molar-refractivity contribution >= 4 is 86.2 Å². The average Bonchev–Trinajstić information content (AvgIpc) is 1.53. The highest BCUT2D eigenvalue weighted by Crippen LogP contribution is 2.62. The summed E-state index contributed by atoms with van der Waals surface area (Å²) in [6.07, 6.45) is 0. The summed E-state index contributed by atoms with van der Waals surface area (Å²) in [6, 6.07) is 170. The van der Waals surface area contributed by atoms with E-state index in [4.69, 9.17) is 0 Å². The van der Waals surface area contributed by atoms with Crippen LogP contribution in [0.2, 0.25) is 0 Å². The Morgan fingerprint density at radius 2 is 0.303 bits per heavy atom. The number of rotatable bonds is 11. The van der Waals surface area contributed by atoms with Gasteiger partial charge in [0.15, 0.2) is 0 Å². The van der Waals surface area contributed by atoms with E-state index in [1.807, 2.05) is 0 Å². The van der Waals surface area contributed by atoms with Crippen LogP contribution < -0.4 is 0 Å². The van der Waals surface area contributed by atoms with E-state index in [0.717, 1.165) is 0 Å². The highest BCUT2D eigenvalue weighted by Gasteiger charge is 2.34. The molecule has 122 heavy (non-hydrogen) atoms. The molecular weight excluding hydrogens is 1470 g/mol. The van der Waals surface area contributed by atoms with Gasteiger partial charge in [0.05, 0.1) is 0 Å². The fourth-order valence-corrected chi connectivity index (χ4v) is 21.0. The Morgan fingerprint density at radius 3 is 0.623 bits per heavy atom. The Morgan fingerprint density at radius 1 is 0.0902 bits per heavy atom. The van der Waals surface area contributed by atoms with Crippen LogP contribution >= 0.6 is 0 Å². The van der Waals surface area contributed by atoms with Crippen molar-refractivity contribution in [2.45, 2.75) is 0 Å². The second-order valence-electron chi connectivity index (χ2n) is 32.5. The van der Waals surface area contributed by atoms with Gasteiger partial charge in [-0.2, -0.15) is 0 Å². The summed E-state index contributed by atoms with van der Waals surface area (Å²) < 4.78 is 0. The molecule has 0 aliphatic heterocycles. The molecule has 0 atom stereocenters. The van der Waals surface area contributed by atoms with E-state index >= 15 is 0 Å². The predicted molar refractivity (Wildman–Crippen MR) is 522 cm³/mol. The molecule has 0 saturated heterocycles. The Labute approximate surface area is 709 Å². The minimum absolute atomic E-state index is 1.19. The Balaban J connectivity index is 0.000000139. The lowest BCUT2D eigenvalue weighted by Gasteiger charge is -2.23. The summed E-state index contributed by atoms with van der Waals surface area (Å²) in [4.78, 5) is 0. The monoisotopic (exact) mass is 1540 g/mol. The smallest absolute Gasteiger partial charge is 0.000719 e. The fourth-order valence-electron chi connectivity index (χ4n) is 21.0. The maximum Gasteiger partial charge on any atom is -0.000719 e. The second kappa shape index (κ2) is 29.0. The van der Waals surface area contributed by atoms with Gasteiger partial charge in [0.25, 0.3) is 0 Å². The first-order valence-corrected chi connectivity index (χ1v) is 42.5. The van der Waals surface area contributed by atoms with Crippen LogP contribution in [0.15, 0.2) is 461 Å². The van der Waals surface area contributed by atoms with Gasteiger partial charge in [0.2, 0.25) is 0 Å². The molecule has 25 rings (SSSR count). The fraction of sp³-hybridized carbons (Fsp3) is 0. The molecule has 0 aromatic heterocycles. The van der Waals surface area contributed by atoms with Gasteiger partial charge in [-0.25, -0.2) is 0 Å². The van der Waals surface area contributed by atoms with E-state index in [1.54, 1.807) is 0 Å². The molecule has 0 amide bonds. The lowest BCUT2D eigenvalue weighted by Crippen LogP contribution is -1.95. The van der Waals surface area contributed by atoms with Gasteiger partial charge < -0.3 is 0 Å². The van der Waals surface area contributed by atoms with Crippen molar-refractivity contribution in [2.75, 3.05) is 0 Å². The first-order chi connectivity index (χ1) is 60.6. The van der Waals surface area contributed by atoms with Gasteiger partial charge in [-0.15, -0.1) is 0 Å². The van der Waals surface area contributed by atoms with Crippen LogP contribution in [-0.4, -0.2) is 0 Å². The van der Waals surface area contributed by atoms with Crippen LogP contribution in [-0.2, 0) is 0 Å². The summed E-state index contributed by atoms with van der Waals surface area (Å²) in [5, 5.41) is 20.4. The summed E-state index contributed by atoms with van der Waals surface area (Å²) in [7, 11) is 0. The van der Waals surface area contributed by atoms with Crippen molar-refractivity contribution in [2.24, 2.45) is 0 Å². The maximum atomic E-state index is 2.42. The predicted octanol–water partition coefficient (Wildman–Crippen LogP) is 34.2. The molecule has 0 fully saturated rings. The topological polar surface area (TPSA) is 0 Å². The zero-order chi connectivity index (χ0) is 80.3. The molecule has 0 heteroatoms. The molecule has 0 saturated carbocycles. The highest BCUT2D eigenvalue weighted by atomic mass is 14.4. The van der Waals surface area contributed by atoms with Crippen molar-refractivity contribution in [1.29, 1.82) is 0 Å². The van der Waals surface area contributed by atoms with Crippen LogP contribution in [0.25, 0.3) is 253 Å². The van der Waals surface area contributed by atoms with E-state index in [-0.39, 0.29) is 0 Å². The second-order valence-corrected chi connectivity index (χ2v) is 32.5. The molecule has 23 aromatic carbocycles. The Hall–Kier alpha value is -15.9. The maximum absolute atomic E-state index is 2.42. The normalized spacial score (nSPS) is 11.8. The molecule has 564 valence electrons. The standard InChI is InChI=1S/C64H40.C58H36/c1-5-18-43(19-6-1)57-50-28-13-14-29-51(50)58(44-20-7-2-8-21-44)56-40-48(38-39-52(56)57)41-34-36-42(37-35-41)49-30-17-33-55-60(46-22-9-3-10-23-46)63-53-31-15-26-45-27-16-32-54(59(45)53)64(63)61(62(49)55)47-24-11-4-12-25-47;1-4-17-38(18-5-1)51-44-25-10-12-27-46(44)52(47-28-13-11-26-45(47)51)42-35-33-37(34-36-42)43-29-16-32-50-54(40-19-6-2-7-20-40)57-48-30-14-23-39-24-15-31-49(53(39)48)58(57)55(56(43)50)41-21-8-3-9-22-41/h1-40H;1-36H. The van der Waals surface area contributed by atoms with E-state index < -0.39 is 0 Å². The van der Waals surface area contributed by atoms with Gasteiger partial charge in [-0.1, -0.05) is 455 Å². The van der Waals surface area contributed by atoms with Crippen molar-refractivity contribution in [3.05, 3.63) is 461 Å². The molecule has 0 N–H and O–H groups in total. The molecule has 2 aliphatic carbocycles. The molecule has 0 spiro atoms. The minimum atomic E-state index is 1.19. The molecule has 0 bridgehead atoms. The number of hydrogen-bond donors (Lipinski definition) is 0. The molecule has 0 radical (unpaired) electrons. The molecule has 0 unspecified atom stereocenters. The van der Waals surface area contributed by atoms with Crippen LogP contribution in [0.4, 0.5) is 0 Å². The summed E-state index contributed by atoms with van der Waals surface area (Å²) in [6.45, 7) is 0. The first kappa shape index (κ1) is 70.4. The van der Waals surface area contributed by atoms with Crippen LogP contribution in [0, 0.1) is 0 Å². The summed E-state index contributed by atoms with van der Waals surface area (Å²) in [5.41, 5.74) is 37.9. The third-order valence-corrected chi connectivity index (χ3v) is 26.0. The molecule has 2 aliphatic rings. The van der Waals surface area contributed by atoms with E-state index in [0.29, 0.717) is 0 Å². The van der Waals surface area contributed by atoms with Gasteiger partial charge in [-0.3, -0.25) is 0 Å². The highest BCUT2D eigenvalue weighted by molar-refractivity contribution is 6.32. The van der Waals surface area contributed by atoms with Crippen molar-refractivity contribution in [3.63, 3.8) is 0 Å². The number of fused-ring (bicyclic) bond motifs is 12.